The van der Waals surface area contributed by atoms with Crippen LogP contribution in [-0.4, -0.2) is 32.9 Å². The molecule has 1 saturated heterocycles. The first-order chi connectivity index (χ1) is 20.5. The minimum atomic E-state index is -1.11. The minimum Gasteiger partial charge on any atom is -0.323 e. The van der Waals surface area contributed by atoms with Crippen molar-refractivity contribution in [2.24, 2.45) is 16.9 Å². The molecule has 0 spiro atoms. The van der Waals surface area contributed by atoms with Crippen LogP contribution in [0.2, 0.25) is 0 Å². The summed E-state index contributed by atoms with van der Waals surface area (Å²) in [5, 5.41) is 16.6. The van der Waals surface area contributed by atoms with Crippen molar-refractivity contribution in [1.29, 1.82) is 0 Å². The number of H-pyrrole nitrogens is 1. The Kier molecular flexibility index (Phi) is 5.00. The van der Waals surface area contributed by atoms with Gasteiger partial charge in [0.2, 0.25) is 17.8 Å². The van der Waals surface area contributed by atoms with Gasteiger partial charge in [0.1, 0.15) is 5.69 Å². The van der Waals surface area contributed by atoms with Crippen LogP contribution in [0, 0.1) is 22.0 Å². The maximum Gasteiger partial charge on any atom is 0.293 e. The van der Waals surface area contributed by atoms with E-state index in [2.05, 4.69) is 20.5 Å². The van der Waals surface area contributed by atoms with Crippen molar-refractivity contribution in [2.75, 3.05) is 10.3 Å². The number of rotatable bonds is 5. The van der Waals surface area contributed by atoms with Crippen molar-refractivity contribution in [3.05, 3.63) is 129 Å². The zero-order valence-corrected chi connectivity index (χ0v) is 22.0. The van der Waals surface area contributed by atoms with Gasteiger partial charge in [-0.3, -0.25) is 19.7 Å². The first-order valence-electron chi connectivity index (χ1n) is 13.6. The van der Waals surface area contributed by atoms with Crippen LogP contribution < -0.4 is 10.3 Å². The predicted octanol–water partition coefficient (Wildman–Crippen LogP) is 5.12. The molecule has 5 aromatic rings. The molecule has 2 atom stereocenters. The highest BCUT2D eigenvalue weighted by Crippen LogP contribution is 2.64. The number of hydrazone groups is 1. The summed E-state index contributed by atoms with van der Waals surface area (Å²) in [5.74, 6) is -2.51. The molecule has 10 heteroatoms. The lowest BCUT2D eigenvalue weighted by Crippen LogP contribution is -2.54. The summed E-state index contributed by atoms with van der Waals surface area (Å²) in [6, 6.07) is 29.1. The Morgan fingerprint density at radius 3 is 2.24 bits per heavy atom. The van der Waals surface area contributed by atoms with Gasteiger partial charge in [0.25, 0.3) is 5.69 Å². The SMILES string of the molecule is O=C1C2C3c4ccccc4C(/C=N/Nc4nc5ccccc5[nH]4)(c4ccccc43)C2C(=O)N1c1ccccc1[N+](=O)[O-]. The lowest BCUT2D eigenvalue weighted by molar-refractivity contribution is -0.384. The number of imidazole rings is 1. The molecule has 10 nitrogen and oxygen atoms in total. The number of para-hydroxylation sites is 4. The normalized spacial score (nSPS) is 23.7. The van der Waals surface area contributed by atoms with E-state index in [1.807, 2.05) is 72.8 Å². The zero-order valence-electron chi connectivity index (χ0n) is 22.0. The molecule has 1 aromatic heterocycles. The number of nitro groups is 1. The zero-order chi connectivity index (χ0) is 28.6. The van der Waals surface area contributed by atoms with Crippen LogP contribution in [0.5, 0.6) is 0 Å². The standard InChI is InChI=1S/C32H22N6O4/c39-29-27-26-18-9-1-3-11-20(18)32(21-12-4-2-10-19(21)26,17-33-36-31-34-22-13-5-6-14-23(22)35-31)28(27)30(40)37(29)24-15-7-8-16-25(24)38(41)42/h1-17,26-28H,(H2,34,35,36)/b33-17+. The molecule has 1 fully saturated rings. The number of anilines is 2. The predicted molar refractivity (Wildman–Crippen MR) is 156 cm³/mol. The van der Waals surface area contributed by atoms with Crippen LogP contribution in [-0.2, 0) is 15.0 Å². The average molecular weight is 555 g/mol. The van der Waals surface area contributed by atoms with Crippen LogP contribution in [0.4, 0.5) is 17.3 Å². The van der Waals surface area contributed by atoms with Crippen molar-refractivity contribution in [1.82, 2.24) is 9.97 Å². The smallest absolute Gasteiger partial charge is 0.293 e. The molecule has 2 bridgehead atoms. The summed E-state index contributed by atoms with van der Waals surface area (Å²) >= 11 is 0. The average Bonchev–Trinajstić information content (AvgIpc) is 3.55. The fraction of sp³-hybridized carbons (Fsp3) is 0.125. The van der Waals surface area contributed by atoms with E-state index in [4.69, 9.17) is 0 Å². The van der Waals surface area contributed by atoms with Gasteiger partial charge in [-0.2, -0.15) is 5.10 Å². The quantitative estimate of drug-likeness (QED) is 0.134. The maximum atomic E-state index is 14.5. The highest BCUT2D eigenvalue weighted by atomic mass is 16.6. The summed E-state index contributed by atoms with van der Waals surface area (Å²) in [7, 11) is 0. The van der Waals surface area contributed by atoms with Crippen molar-refractivity contribution < 1.29 is 14.5 Å². The number of benzene rings is 4. The number of hydrogen-bond donors (Lipinski definition) is 2. The van der Waals surface area contributed by atoms with Gasteiger partial charge in [-0.1, -0.05) is 72.8 Å². The number of nitro benzene ring substituents is 1. The van der Waals surface area contributed by atoms with Crippen LogP contribution >= 0.6 is 0 Å². The molecular weight excluding hydrogens is 532 g/mol. The molecular formula is C32H22N6O4. The van der Waals surface area contributed by atoms with Gasteiger partial charge in [0.15, 0.2) is 0 Å². The molecule has 0 radical (unpaired) electrons. The second-order valence-electron chi connectivity index (χ2n) is 10.8. The Hall–Kier alpha value is -5.64. The van der Waals surface area contributed by atoms with Crippen molar-refractivity contribution in [3.8, 4) is 0 Å². The van der Waals surface area contributed by atoms with E-state index in [1.54, 1.807) is 12.3 Å². The Labute approximate surface area is 238 Å². The number of imide groups is 1. The van der Waals surface area contributed by atoms with Crippen LogP contribution in [0.1, 0.15) is 28.2 Å². The minimum absolute atomic E-state index is 0.0214. The molecule has 4 aromatic carbocycles. The van der Waals surface area contributed by atoms with Gasteiger partial charge in [0.05, 0.1) is 33.2 Å². The number of nitrogens with one attached hydrogen (secondary N) is 2. The Morgan fingerprint density at radius 2 is 1.52 bits per heavy atom. The number of carbonyl (C=O) groups excluding carboxylic acids is 2. The van der Waals surface area contributed by atoms with Gasteiger partial charge in [-0.05, 0) is 40.5 Å². The van der Waals surface area contributed by atoms with Crippen molar-refractivity contribution in [2.45, 2.75) is 11.3 Å². The monoisotopic (exact) mass is 554 g/mol. The van der Waals surface area contributed by atoms with Crippen molar-refractivity contribution in [3.63, 3.8) is 0 Å². The third-order valence-electron chi connectivity index (χ3n) is 8.83. The van der Waals surface area contributed by atoms with Crippen LogP contribution in [0.25, 0.3) is 11.0 Å². The van der Waals surface area contributed by atoms with Gasteiger partial charge >= 0.3 is 0 Å². The van der Waals surface area contributed by atoms with E-state index in [0.717, 1.165) is 38.2 Å². The number of nitrogens with zero attached hydrogens (tertiary/aromatic N) is 4. The molecule has 4 aliphatic rings. The number of hydrogen-bond acceptors (Lipinski definition) is 7. The maximum absolute atomic E-state index is 14.5. The van der Waals surface area contributed by atoms with Gasteiger partial charge in [-0.15, -0.1) is 0 Å². The first-order valence-corrected chi connectivity index (χ1v) is 13.6. The number of fused-ring (bicyclic) bond motifs is 1. The molecule has 1 aliphatic heterocycles. The second kappa shape index (κ2) is 8.68. The van der Waals surface area contributed by atoms with E-state index in [-0.39, 0.29) is 17.3 Å². The Morgan fingerprint density at radius 1 is 0.881 bits per heavy atom. The third kappa shape index (κ3) is 3.08. The number of amides is 2. The Balaban J connectivity index is 1.33. The first kappa shape index (κ1) is 24.2. The highest BCUT2D eigenvalue weighted by Gasteiger charge is 2.68. The van der Waals surface area contributed by atoms with E-state index in [9.17, 15) is 19.7 Å². The van der Waals surface area contributed by atoms with Gasteiger partial charge in [0, 0.05) is 18.2 Å². The topological polar surface area (TPSA) is 134 Å². The largest absolute Gasteiger partial charge is 0.323 e. The molecule has 0 saturated carbocycles. The van der Waals surface area contributed by atoms with E-state index in [1.165, 1.54) is 18.2 Å². The van der Waals surface area contributed by atoms with Crippen LogP contribution in [0.3, 0.4) is 0 Å². The lowest BCUT2D eigenvalue weighted by Gasteiger charge is -2.52. The molecule has 42 heavy (non-hydrogen) atoms. The van der Waals surface area contributed by atoms with E-state index < -0.39 is 34.0 Å². The molecule has 9 rings (SSSR count). The molecule has 2 N–H and O–H groups in total. The molecule has 2 amide bonds. The number of aromatic amines is 1. The van der Waals surface area contributed by atoms with E-state index >= 15 is 0 Å². The fourth-order valence-electron chi connectivity index (χ4n) is 7.30. The molecule has 204 valence electrons. The highest BCUT2D eigenvalue weighted by molar-refractivity contribution is 6.25. The summed E-state index contributed by atoms with van der Waals surface area (Å²) < 4.78 is 0. The Bertz CT molecular complexity index is 1920. The molecule has 2 heterocycles. The second-order valence-corrected chi connectivity index (χ2v) is 10.8. The summed E-state index contributed by atoms with van der Waals surface area (Å²) in [6.45, 7) is 0. The summed E-state index contributed by atoms with van der Waals surface area (Å²) in [4.78, 5) is 48.9. The van der Waals surface area contributed by atoms with Crippen LogP contribution in [0.15, 0.2) is 102 Å². The lowest BCUT2D eigenvalue weighted by atomic mass is 9.47. The third-order valence-corrected chi connectivity index (χ3v) is 8.83. The summed E-state index contributed by atoms with van der Waals surface area (Å²) in [6.07, 6.45) is 1.71. The molecule has 2 unspecified atom stereocenters. The van der Waals surface area contributed by atoms with E-state index in [0.29, 0.717) is 5.95 Å². The fourth-order valence-corrected chi connectivity index (χ4v) is 7.30. The summed E-state index contributed by atoms with van der Waals surface area (Å²) in [5.41, 5.74) is 6.84. The molecule has 3 aliphatic carbocycles. The number of carbonyl (C=O) groups is 2. The number of aromatic nitrogens is 2. The van der Waals surface area contributed by atoms with Gasteiger partial charge < -0.3 is 4.98 Å². The van der Waals surface area contributed by atoms with Gasteiger partial charge in [-0.25, -0.2) is 15.3 Å². The van der Waals surface area contributed by atoms with Crippen molar-refractivity contribution >= 4 is 46.4 Å².